The Morgan fingerprint density at radius 1 is 1.14 bits per heavy atom. The topological polar surface area (TPSA) is 49.4 Å². The number of carbonyl (C=O) groups excluding carboxylic acids is 2. The van der Waals surface area contributed by atoms with Crippen LogP contribution in [0.2, 0.25) is 0 Å². The number of nitrogens with one attached hydrogen (secondary N) is 1. The Balaban J connectivity index is 2.85. The second-order valence-corrected chi connectivity index (χ2v) is 5.85. The Labute approximate surface area is 133 Å². The monoisotopic (exact) mass is 304 g/mol. The van der Waals surface area contributed by atoms with Gasteiger partial charge in [-0.1, -0.05) is 43.7 Å². The molecule has 0 saturated carbocycles. The van der Waals surface area contributed by atoms with E-state index in [2.05, 4.69) is 5.32 Å². The fraction of sp³-hybridized carbons (Fsp3) is 0.556. The van der Waals surface area contributed by atoms with Crippen molar-refractivity contribution in [2.24, 2.45) is 0 Å². The van der Waals surface area contributed by atoms with E-state index >= 15 is 0 Å². The van der Waals surface area contributed by atoms with Crippen LogP contribution in [0.5, 0.6) is 0 Å². The maximum absolute atomic E-state index is 12.3. The number of benzene rings is 1. The Bertz CT molecular complexity index is 496. The fourth-order valence-corrected chi connectivity index (χ4v) is 2.14. The van der Waals surface area contributed by atoms with Crippen molar-refractivity contribution >= 4 is 11.8 Å². The summed E-state index contributed by atoms with van der Waals surface area (Å²) in [5.74, 6) is -0.101. The Morgan fingerprint density at radius 3 is 2.23 bits per heavy atom. The lowest BCUT2D eigenvalue weighted by molar-refractivity contribution is -0.140. The molecule has 1 N–H and O–H groups in total. The smallest absolute Gasteiger partial charge is 0.242 e. The van der Waals surface area contributed by atoms with E-state index in [1.54, 1.807) is 11.8 Å². The summed E-state index contributed by atoms with van der Waals surface area (Å²) in [4.78, 5) is 26.2. The highest BCUT2D eigenvalue weighted by Gasteiger charge is 2.25. The minimum absolute atomic E-state index is 0.00706. The van der Waals surface area contributed by atoms with Crippen molar-refractivity contribution in [3.8, 4) is 0 Å². The molecule has 2 amide bonds. The highest BCUT2D eigenvalue weighted by Crippen LogP contribution is 2.12. The van der Waals surface area contributed by atoms with Crippen LogP contribution in [0.1, 0.15) is 51.7 Å². The van der Waals surface area contributed by atoms with Gasteiger partial charge in [-0.15, -0.1) is 0 Å². The van der Waals surface area contributed by atoms with Gasteiger partial charge < -0.3 is 10.2 Å². The van der Waals surface area contributed by atoms with Gasteiger partial charge in [0.05, 0.1) is 0 Å². The molecule has 0 spiro atoms. The molecule has 122 valence electrons. The van der Waals surface area contributed by atoms with E-state index in [4.69, 9.17) is 0 Å². The largest absolute Gasteiger partial charge is 0.352 e. The molecule has 22 heavy (non-hydrogen) atoms. The van der Waals surface area contributed by atoms with Gasteiger partial charge in [0.25, 0.3) is 0 Å². The van der Waals surface area contributed by atoms with Crippen molar-refractivity contribution in [1.29, 1.82) is 0 Å². The van der Waals surface area contributed by atoms with E-state index in [-0.39, 0.29) is 17.9 Å². The summed E-state index contributed by atoms with van der Waals surface area (Å²) >= 11 is 0. The van der Waals surface area contributed by atoms with Crippen molar-refractivity contribution in [1.82, 2.24) is 10.2 Å². The summed E-state index contributed by atoms with van der Waals surface area (Å²) in [7, 11) is 0. The number of hydrogen-bond donors (Lipinski definition) is 1. The number of hydrogen-bond acceptors (Lipinski definition) is 2. The highest BCUT2D eigenvalue weighted by molar-refractivity contribution is 5.87. The van der Waals surface area contributed by atoms with Crippen molar-refractivity contribution in [3.05, 3.63) is 35.4 Å². The normalized spacial score (nSPS) is 13.3. The molecule has 1 aromatic rings. The molecule has 0 radical (unpaired) electrons. The number of aryl methyl sites for hydroxylation is 1. The van der Waals surface area contributed by atoms with Crippen molar-refractivity contribution < 1.29 is 9.59 Å². The van der Waals surface area contributed by atoms with Crippen LogP contribution in [0.3, 0.4) is 0 Å². The van der Waals surface area contributed by atoms with Gasteiger partial charge in [0, 0.05) is 19.0 Å². The molecule has 0 aliphatic heterocycles. The average Bonchev–Trinajstić information content (AvgIpc) is 2.52. The molecule has 4 nitrogen and oxygen atoms in total. The van der Waals surface area contributed by atoms with Crippen LogP contribution in [0.25, 0.3) is 0 Å². The zero-order valence-corrected chi connectivity index (χ0v) is 14.3. The molecule has 1 rings (SSSR count). The molecule has 0 fully saturated rings. The quantitative estimate of drug-likeness (QED) is 0.841. The summed E-state index contributed by atoms with van der Waals surface area (Å²) in [6.07, 6.45) is 1.27. The number of nitrogens with zero attached hydrogens (tertiary/aromatic N) is 1. The van der Waals surface area contributed by atoms with Gasteiger partial charge in [-0.3, -0.25) is 9.59 Å². The van der Waals surface area contributed by atoms with E-state index in [9.17, 15) is 9.59 Å². The van der Waals surface area contributed by atoms with Gasteiger partial charge in [-0.05, 0) is 32.8 Å². The van der Waals surface area contributed by atoms with E-state index < -0.39 is 6.04 Å². The first kappa shape index (κ1) is 18.2. The molecule has 0 heterocycles. The van der Waals surface area contributed by atoms with Gasteiger partial charge in [-0.25, -0.2) is 0 Å². The van der Waals surface area contributed by atoms with Crippen molar-refractivity contribution in [2.45, 2.75) is 66.1 Å². The Kier molecular flexibility index (Phi) is 7.09. The number of carbonyl (C=O) groups is 2. The van der Waals surface area contributed by atoms with Gasteiger partial charge in [-0.2, -0.15) is 0 Å². The molecular weight excluding hydrogens is 276 g/mol. The molecule has 0 aliphatic rings. The zero-order valence-electron chi connectivity index (χ0n) is 14.3. The first-order valence-electron chi connectivity index (χ1n) is 8.04. The molecule has 0 aromatic heterocycles. The SMILES string of the molecule is CCC(=O)N(Cc1ccc(C)cc1)[C@H](C)C(=O)N[C@H](C)CC. The Morgan fingerprint density at radius 2 is 1.73 bits per heavy atom. The third kappa shape index (κ3) is 5.17. The van der Waals surface area contributed by atoms with Gasteiger partial charge in [0.15, 0.2) is 0 Å². The minimum Gasteiger partial charge on any atom is -0.352 e. The van der Waals surface area contributed by atoms with Crippen LogP contribution in [0.4, 0.5) is 0 Å². The summed E-state index contributed by atoms with van der Waals surface area (Å²) in [5.41, 5.74) is 2.22. The number of rotatable bonds is 7. The standard InChI is InChI=1S/C18H28N2O2/c1-6-14(4)19-18(22)15(5)20(17(21)7-2)12-16-10-8-13(3)9-11-16/h8-11,14-15H,6-7,12H2,1-5H3,(H,19,22)/t14-,15-/m1/s1. The Hall–Kier alpha value is -1.84. The first-order valence-corrected chi connectivity index (χ1v) is 8.04. The number of amides is 2. The van der Waals surface area contributed by atoms with Crippen LogP contribution in [0, 0.1) is 6.92 Å². The zero-order chi connectivity index (χ0) is 16.7. The average molecular weight is 304 g/mol. The first-order chi connectivity index (χ1) is 10.4. The minimum atomic E-state index is -0.470. The van der Waals surface area contributed by atoms with E-state index in [1.165, 1.54) is 5.56 Å². The molecule has 0 unspecified atom stereocenters. The molecule has 0 aliphatic carbocycles. The maximum Gasteiger partial charge on any atom is 0.242 e. The fourth-order valence-electron chi connectivity index (χ4n) is 2.14. The van der Waals surface area contributed by atoms with Crippen LogP contribution in [-0.4, -0.2) is 28.8 Å². The third-order valence-corrected chi connectivity index (χ3v) is 3.94. The van der Waals surface area contributed by atoms with Crippen molar-refractivity contribution in [2.75, 3.05) is 0 Å². The molecule has 2 atom stereocenters. The summed E-state index contributed by atoms with van der Waals surface area (Å²) < 4.78 is 0. The molecule has 0 saturated heterocycles. The van der Waals surface area contributed by atoms with E-state index in [0.717, 1.165) is 12.0 Å². The maximum atomic E-state index is 12.3. The van der Waals surface area contributed by atoms with Gasteiger partial charge in [0.1, 0.15) is 6.04 Å². The van der Waals surface area contributed by atoms with Crippen molar-refractivity contribution in [3.63, 3.8) is 0 Å². The lowest BCUT2D eigenvalue weighted by atomic mass is 10.1. The summed E-state index contributed by atoms with van der Waals surface area (Å²) in [6, 6.07) is 7.70. The summed E-state index contributed by atoms with van der Waals surface area (Å²) in [6.45, 7) is 10.1. The van der Waals surface area contributed by atoms with E-state index in [0.29, 0.717) is 13.0 Å². The van der Waals surface area contributed by atoms with Gasteiger partial charge >= 0.3 is 0 Å². The highest BCUT2D eigenvalue weighted by atomic mass is 16.2. The van der Waals surface area contributed by atoms with E-state index in [1.807, 2.05) is 52.0 Å². The van der Waals surface area contributed by atoms with Gasteiger partial charge in [0.2, 0.25) is 11.8 Å². The van der Waals surface area contributed by atoms with Crippen LogP contribution in [0.15, 0.2) is 24.3 Å². The van der Waals surface area contributed by atoms with Crippen LogP contribution < -0.4 is 5.32 Å². The molecule has 4 heteroatoms. The van der Waals surface area contributed by atoms with Crippen LogP contribution >= 0.6 is 0 Å². The van der Waals surface area contributed by atoms with Crippen LogP contribution in [-0.2, 0) is 16.1 Å². The second-order valence-electron chi connectivity index (χ2n) is 5.85. The molecular formula is C18H28N2O2. The molecule has 1 aromatic carbocycles. The summed E-state index contributed by atoms with van der Waals surface area (Å²) in [5, 5.41) is 2.95. The predicted octanol–water partition coefficient (Wildman–Crippen LogP) is 3.04. The second kappa shape index (κ2) is 8.57. The lowest BCUT2D eigenvalue weighted by Crippen LogP contribution is -2.49. The predicted molar refractivity (Wildman–Crippen MR) is 89.4 cm³/mol. The third-order valence-electron chi connectivity index (χ3n) is 3.94. The molecule has 0 bridgehead atoms. The lowest BCUT2D eigenvalue weighted by Gasteiger charge is -2.29.